The molecule has 0 aliphatic heterocycles. The van der Waals surface area contributed by atoms with Gasteiger partial charge in [0.05, 0.1) is 11.5 Å². The highest BCUT2D eigenvalue weighted by Crippen LogP contribution is 2.19. The van der Waals surface area contributed by atoms with Gasteiger partial charge in [-0.15, -0.1) is 0 Å². The van der Waals surface area contributed by atoms with Gasteiger partial charge in [-0.05, 0) is 42.5 Å². The molecule has 7 heteroatoms. The van der Waals surface area contributed by atoms with E-state index in [0.29, 0.717) is 6.42 Å². The van der Waals surface area contributed by atoms with Gasteiger partial charge in [0.2, 0.25) is 0 Å². The normalized spacial score (nSPS) is 13.7. The topological polar surface area (TPSA) is 92.1 Å². The third kappa shape index (κ3) is 5.60. The monoisotopic (exact) mass is 359 g/mol. The highest BCUT2D eigenvalue weighted by atomic mass is 32.2. The second kappa shape index (κ2) is 8.67. The molecule has 2 aromatic rings. The average molecular weight is 359 g/mol. The maximum absolute atomic E-state index is 12.3. The molecule has 0 fully saturated rings. The lowest BCUT2D eigenvalue weighted by atomic mass is 9.96. The molecule has 0 radical (unpaired) electrons. The lowest BCUT2D eigenvalue weighted by molar-refractivity contribution is 0.242. The molecule has 2 aromatic carbocycles. The van der Waals surface area contributed by atoms with Gasteiger partial charge in [0.15, 0.2) is 0 Å². The molecule has 0 aliphatic rings. The molecule has 0 N–H and O–H groups in total. The molecule has 0 saturated heterocycles. The van der Waals surface area contributed by atoms with Crippen LogP contribution in [0.15, 0.2) is 64.6 Å². The average Bonchev–Trinajstić information content (AvgIpc) is 2.61. The Morgan fingerprint density at radius 2 is 1.76 bits per heavy atom. The summed E-state index contributed by atoms with van der Waals surface area (Å²) in [6, 6.07) is 15.7. The second-order valence-corrected chi connectivity index (χ2v) is 7.61. The van der Waals surface area contributed by atoms with Gasteiger partial charge < -0.3 is 0 Å². The maximum atomic E-state index is 12.3. The maximum Gasteiger partial charge on any atom is 0.296 e. The first-order chi connectivity index (χ1) is 11.9. The summed E-state index contributed by atoms with van der Waals surface area (Å²) in [6.07, 6.45) is 0.528. The molecule has 0 spiro atoms. The Morgan fingerprint density at radius 1 is 1.12 bits per heavy atom. The summed E-state index contributed by atoms with van der Waals surface area (Å²) in [5, 5.41) is 3.81. The number of azide groups is 1. The fourth-order valence-electron chi connectivity index (χ4n) is 2.36. The quantitative estimate of drug-likeness (QED) is 0.305. The van der Waals surface area contributed by atoms with Crippen molar-refractivity contribution in [1.82, 2.24) is 0 Å². The van der Waals surface area contributed by atoms with E-state index in [0.717, 1.165) is 11.1 Å². The molecule has 2 rings (SSSR count). The third-order valence-electron chi connectivity index (χ3n) is 3.94. The summed E-state index contributed by atoms with van der Waals surface area (Å²) < 4.78 is 29.7. The van der Waals surface area contributed by atoms with E-state index < -0.39 is 10.1 Å². The van der Waals surface area contributed by atoms with Crippen molar-refractivity contribution >= 4 is 10.1 Å². The zero-order valence-electron chi connectivity index (χ0n) is 14.2. The van der Waals surface area contributed by atoms with Crippen molar-refractivity contribution in [2.75, 3.05) is 6.61 Å². The van der Waals surface area contributed by atoms with Crippen LogP contribution in [0.2, 0.25) is 0 Å². The van der Waals surface area contributed by atoms with E-state index in [4.69, 9.17) is 9.71 Å². The van der Waals surface area contributed by atoms with Crippen LogP contribution in [-0.4, -0.2) is 21.1 Å². The SMILES string of the molecule is Cc1ccc(S(=O)(=O)OC[C@@H](C)C(Cc2ccccc2)N=[N+]=[N-])cc1. The fourth-order valence-corrected chi connectivity index (χ4v) is 3.36. The third-order valence-corrected chi connectivity index (χ3v) is 5.24. The van der Waals surface area contributed by atoms with Gasteiger partial charge in [0.1, 0.15) is 0 Å². The van der Waals surface area contributed by atoms with Crippen molar-refractivity contribution in [1.29, 1.82) is 0 Å². The minimum absolute atomic E-state index is 0.0489. The van der Waals surface area contributed by atoms with Crippen LogP contribution in [0.25, 0.3) is 10.4 Å². The number of hydrogen-bond acceptors (Lipinski definition) is 4. The molecule has 6 nitrogen and oxygen atoms in total. The van der Waals surface area contributed by atoms with Crippen LogP contribution in [-0.2, 0) is 20.7 Å². The molecule has 2 atom stereocenters. The summed E-state index contributed by atoms with van der Waals surface area (Å²) in [5.41, 5.74) is 10.8. The van der Waals surface area contributed by atoms with Gasteiger partial charge in [-0.2, -0.15) is 8.42 Å². The van der Waals surface area contributed by atoms with Crippen molar-refractivity contribution in [3.8, 4) is 0 Å². The standard InChI is InChI=1S/C18H21N3O3S/c1-14-8-10-17(11-9-14)25(22,23)24-13-15(2)18(20-21-19)12-16-6-4-3-5-7-16/h3-11,15,18H,12-13H2,1-2H3/t15-,18?/m1/s1. The van der Waals surface area contributed by atoms with Crippen LogP contribution in [0.3, 0.4) is 0 Å². The van der Waals surface area contributed by atoms with Crippen LogP contribution in [0.4, 0.5) is 0 Å². The Labute approximate surface area is 148 Å². The van der Waals surface area contributed by atoms with Gasteiger partial charge in [0, 0.05) is 11.0 Å². The molecule has 1 unspecified atom stereocenters. The van der Waals surface area contributed by atoms with Gasteiger partial charge in [-0.1, -0.05) is 60.1 Å². The minimum Gasteiger partial charge on any atom is -0.266 e. The van der Waals surface area contributed by atoms with Crippen molar-refractivity contribution in [2.45, 2.75) is 31.2 Å². The van der Waals surface area contributed by atoms with E-state index in [9.17, 15) is 8.42 Å². The molecule has 0 aromatic heterocycles. The number of benzene rings is 2. The molecule has 25 heavy (non-hydrogen) atoms. The van der Waals surface area contributed by atoms with Gasteiger partial charge in [0.25, 0.3) is 10.1 Å². The van der Waals surface area contributed by atoms with E-state index in [1.165, 1.54) is 12.1 Å². The number of rotatable bonds is 8. The van der Waals surface area contributed by atoms with E-state index in [1.807, 2.05) is 44.2 Å². The van der Waals surface area contributed by atoms with Crippen LogP contribution in [0.1, 0.15) is 18.1 Å². The summed E-state index contributed by atoms with van der Waals surface area (Å²) in [7, 11) is -3.83. The first kappa shape index (κ1) is 19.0. The Balaban J connectivity index is 2.04. The Hall–Kier alpha value is -2.34. The highest BCUT2D eigenvalue weighted by Gasteiger charge is 2.21. The largest absolute Gasteiger partial charge is 0.296 e. The van der Waals surface area contributed by atoms with Crippen molar-refractivity contribution < 1.29 is 12.6 Å². The van der Waals surface area contributed by atoms with Crippen molar-refractivity contribution in [3.05, 3.63) is 76.2 Å². The zero-order chi connectivity index (χ0) is 18.3. The lowest BCUT2D eigenvalue weighted by Gasteiger charge is -2.19. The summed E-state index contributed by atoms with van der Waals surface area (Å²) in [5.74, 6) is -0.253. The summed E-state index contributed by atoms with van der Waals surface area (Å²) >= 11 is 0. The molecule has 0 aliphatic carbocycles. The first-order valence-electron chi connectivity index (χ1n) is 7.96. The summed E-state index contributed by atoms with van der Waals surface area (Å²) in [4.78, 5) is 3.00. The minimum atomic E-state index is -3.83. The molecule has 132 valence electrons. The second-order valence-electron chi connectivity index (χ2n) is 5.99. The number of nitrogens with zero attached hydrogens (tertiary/aromatic N) is 3. The van der Waals surface area contributed by atoms with E-state index in [1.54, 1.807) is 12.1 Å². The Morgan fingerprint density at radius 3 is 2.36 bits per heavy atom. The zero-order valence-corrected chi connectivity index (χ0v) is 15.1. The smallest absolute Gasteiger partial charge is 0.266 e. The lowest BCUT2D eigenvalue weighted by Crippen LogP contribution is -2.24. The predicted octanol–water partition coefficient (Wildman–Crippen LogP) is 4.26. The van der Waals surface area contributed by atoms with Gasteiger partial charge in [-0.3, -0.25) is 4.18 Å². The van der Waals surface area contributed by atoms with Gasteiger partial charge in [-0.25, -0.2) is 0 Å². The van der Waals surface area contributed by atoms with Crippen LogP contribution < -0.4 is 0 Å². The first-order valence-corrected chi connectivity index (χ1v) is 9.37. The van der Waals surface area contributed by atoms with E-state index >= 15 is 0 Å². The Kier molecular flexibility index (Phi) is 6.58. The number of hydrogen-bond donors (Lipinski definition) is 0. The van der Waals surface area contributed by atoms with Crippen LogP contribution in [0.5, 0.6) is 0 Å². The van der Waals surface area contributed by atoms with Crippen LogP contribution >= 0.6 is 0 Å². The summed E-state index contributed by atoms with van der Waals surface area (Å²) in [6.45, 7) is 3.65. The van der Waals surface area contributed by atoms with Crippen LogP contribution in [0, 0.1) is 12.8 Å². The molecule has 0 amide bonds. The van der Waals surface area contributed by atoms with Crippen molar-refractivity contribution in [2.24, 2.45) is 11.0 Å². The molecule has 0 heterocycles. The molecule has 0 saturated carbocycles. The molecular weight excluding hydrogens is 338 g/mol. The van der Waals surface area contributed by atoms with Gasteiger partial charge >= 0.3 is 0 Å². The fraction of sp³-hybridized carbons (Fsp3) is 0.333. The van der Waals surface area contributed by atoms with Crippen molar-refractivity contribution in [3.63, 3.8) is 0 Å². The number of aryl methyl sites for hydroxylation is 1. The predicted molar refractivity (Wildman–Crippen MR) is 96.6 cm³/mol. The van der Waals surface area contributed by atoms with E-state index in [2.05, 4.69) is 10.0 Å². The highest BCUT2D eigenvalue weighted by molar-refractivity contribution is 7.86. The molecule has 0 bridgehead atoms. The molecular formula is C18H21N3O3S. The van der Waals surface area contributed by atoms with E-state index in [-0.39, 0.29) is 23.5 Å². The Bertz CT molecular complexity index is 830.